The molecule has 0 amide bonds. The molecule has 0 saturated carbocycles. The Morgan fingerprint density at radius 2 is 2.06 bits per heavy atom. The van der Waals surface area contributed by atoms with Gasteiger partial charge in [0.05, 0.1) is 0 Å². The van der Waals surface area contributed by atoms with Crippen LogP contribution < -0.4 is 4.90 Å². The summed E-state index contributed by atoms with van der Waals surface area (Å²) in [6.07, 6.45) is 1.23. The van der Waals surface area contributed by atoms with Crippen LogP contribution in [0.5, 0.6) is 0 Å². The molecule has 0 fully saturated rings. The summed E-state index contributed by atoms with van der Waals surface area (Å²) in [6, 6.07) is 6.47. The van der Waals surface area contributed by atoms with Crippen LogP contribution in [0.15, 0.2) is 18.2 Å². The smallest absolute Gasteiger partial charge is 0.0474 e. The van der Waals surface area contributed by atoms with Gasteiger partial charge in [-0.15, -0.1) is 11.6 Å². The highest BCUT2D eigenvalue weighted by molar-refractivity contribution is 6.17. The lowest BCUT2D eigenvalue weighted by Crippen LogP contribution is -2.24. The second-order valence-electron chi connectivity index (χ2n) is 4.65. The number of alkyl halides is 1. The van der Waals surface area contributed by atoms with Crippen molar-refractivity contribution < 1.29 is 0 Å². The van der Waals surface area contributed by atoms with Gasteiger partial charge in [-0.25, -0.2) is 0 Å². The van der Waals surface area contributed by atoms with Gasteiger partial charge in [0.25, 0.3) is 0 Å². The van der Waals surface area contributed by atoms with Crippen molar-refractivity contribution in [1.29, 1.82) is 0 Å². The van der Waals surface area contributed by atoms with Gasteiger partial charge in [0.1, 0.15) is 0 Å². The molecule has 1 aromatic rings. The molecular formula is C14H22ClN. The van der Waals surface area contributed by atoms with Crippen LogP contribution in [0.2, 0.25) is 0 Å². The van der Waals surface area contributed by atoms with E-state index in [1.165, 1.54) is 23.2 Å². The Kier molecular flexibility index (Phi) is 5.14. The summed E-state index contributed by atoms with van der Waals surface area (Å²) in [5, 5.41) is 0. The summed E-state index contributed by atoms with van der Waals surface area (Å²) in [6.45, 7) is 7.79. The topological polar surface area (TPSA) is 3.24 Å². The van der Waals surface area contributed by atoms with Gasteiger partial charge >= 0.3 is 0 Å². The van der Waals surface area contributed by atoms with Gasteiger partial charge in [0.15, 0.2) is 0 Å². The van der Waals surface area contributed by atoms with Gasteiger partial charge in [0.2, 0.25) is 0 Å². The minimum absolute atomic E-state index is 0.593. The maximum atomic E-state index is 5.82. The molecule has 1 rings (SSSR count). The number of benzene rings is 1. The number of anilines is 1. The lowest BCUT2D eigenvalue weighted by Gasteiger charge is -2.24. The van der Waals surface area contributed by atoms with Crippen molar-refractivity contribution in [3.8, 4) is 0 Å². The molecule has 0 N–H and O–H groups in total. The predicted octanol–water partition coefficient (Wildman–Crippen LogP) is 4.22. The third kappa shape index (κ3) is 3.41. The summed E-state index contributed by atoms with van der Waals surface area (Å²) in [5.74, 6) is 1.33. The van der Waals surface area contributed by atoms with Crippen molar-refractivity contribution in [2.24, 2.45) is 5.92 Å². The zero-order chi connectivity index (χ0) is 12.1. The molecular weight excluding hydrogens is 218 g/mol. The number of rotatable bonds is 5. The monoisotopic (exact) mass is 239 g/mol. The first-order valence-corrected chi connectivity index (χ1v) is 6.48. The molecule has 1 aromatic carbocycles. The van der Waals surface area contributed by atoms with E-state index in [-0.39, 0.29) is 0 Å². The number of hydrogen-bond donors (Lipinski definition) is 0. The highest BCUT2D eigenvalue weighted by Gasteiger charge is 2.08. The van der Waals surface area contributed by atoms with E-state index in [2.05, 4.69) is 50.9 Å². The van der Waals surface area contributed by atoms with Crippen molar-refractivity contribution in [1.82, 2.24) is 0 Å². The molecule has 1 nitrogen and oxygen atoms in total. The summed E-state index contributed by atoms with van der Waals surface area (Å²) in [7, 11) is 2.16. The van der Waals surface area contributed by atoms with Gasteiger partial charge in [-0.1, -0.05) is 32.4 Å². The summed E-state index contributed by atoms with van der Waals surface area (Å²) < 4.78 is 0. The molecule has 0 bridgehead atoms. The van der Waals surface area contributed by atoms with E-state index < -0.39 is 0 Å². The van der Waals surface area contributed by atoms with Crippen LogP contribution in [0.25, 0.3) is 0 Å². The summed E-state index contributed by atoms with van der Waals surface area (Å²) >= 11 is 5.82. The second-order valence-corrected chi connectivity index (χ2v) is 4.92. The number of halogens is 1. The molecule has 0 aliphatic rings. The fourth-order valence-corrected chi connectivity index (χ4v) is 2.09. The fraction of sp³-hybridized carbons (Fsp3) is 0.571. The van der Waals surface area contributed by atoms with Crippen molar-refractivity contribution in [3.63, 3.8) is 0 Å². The molecule has 0 aromatic heterocycles. The van der Waals surface area contributed by atoms with Crippen LogP contribution >= 0.6 is 11.6 Å². The molecule has 0 aliphatic heterocycles. The molecule has 0 heterocycles. The molecule has 0 radical (unpaired) electrons. The molecule has 2 heteroatoms. The van der Waals surface area contributed by atoms with Crippen LogP contribution in [0.4, 0.5) is 5.69 Å². The average molecular weight is 240 g/mol. The lowest BCUT2D eigenvalue weighted by molar-refractivity contribution is 0.559. The fourth-order valence-electron chi connectivity index (χ4n) is 1.92. The van der Waals surface area contributed by atoms with E-state index >= 15 is 0 Å². The SMILES string of the molecule is CCC(C)CN(C)c1ccc(CCl)cc1C. The van der Waals surface area contributed by atoms with Crippen molar-refractivity contribution in [3.05, 3.63) is 29.3 Å². The van der Waals surface area contributed by atoms with Crippen LogP contribution in [-0.4, -0.2) is 13.6 Å². The Labute approximate surface area is 104 Å². The van der Waals surface area contributed by atoms with E-state index in [0.29, 0.717) is 5.88 Å². The highest BCUT2D eigenvalue weighted by Crippen LogP contribution is 2.22. The molecule has 1 atom stereocenters. The maximum absolute atomic E-state index is 5.82. The largest absolute Gasteiger partial charge is 0.374 e. The Morgan fingerprint density at radius 3 is 2.56 bits per heavy atom. The van der Waals surface area contributed by atoms with Crippen LogP contribution in [-0.2, 0) is 5.88 Å². The minimum atomic E-state index is 0.593. The zero-order valence-corrected chi connectivity index (χ0v) is 11.5. The predicted molar refractivity (Wildman–Crippen MR) is 73.5 cm³/mol. The quantitative estimate of drug-likeness (QED) is 0.696. The Bertz CT molecular complexity index is 336. The lowest BCUT2D eigenvalue weighted by atomic mass is 10.1. The van der Waals surface area contributed by atoms with E-state index in [1.807, 2.05) is 0 Å². The van der Waals surface area contributed by atoms with Crippen LogP contribution in [0.1, 0.15) is 31.4 Å². The van der Waals surface area contributed by atoms with Gasteiger partial charge in [-0.2, -0.15) is 0 Å². The van der Waals surface area contributed by atoms with Crippen molar-refractivity contribution in [2.75, 3.05) is 18.5 Å². The highest BCUT2D eigenvalue weighted by atomic mass is 35.5. The first kappa shape index (κ1) is 13.4. The third-order valence-electron chi connectivity index (χ3n) is 3.11. The molecule has 90 valence electrons. The van der Waals surface area contributed by atoms with Crippen molar-refractivity contribution >= 4 is 17.3 Å². The second kappa shape index (κ2) is 6.15. The average Bonchev–Trinajstić information content (AvgIpc) is 2.28. The van der Waals surface area contributed by atoms with E-state index in [1.54, 1.807) is 0 Å². The normalized spacial score (nSPS) is 12.6. The maximum Gasteiger partial charge on any atom is 0.0474 e. The molecule has 0 spiro atoms. The molecule has 1 unspecified atom stereocenters. The Balaban J connectivity index is 2.79. The number of aryl methyl sites for hydroxylation is 1. The number of nitrogens with zero attached hydrogens (tertiary/aromatic N) is 1. The summed E-state index contributed by atoms with van der Waals surface area (Å²) in [4.78, 5) is 2.33. The van der Waals surface area contributed by atoms with E-state index in [0.717, 1.165) is 12.5 Å². The van der Waals surface area contributed by atoms with Gasteiger partial charge in [0, 0.05) is 25.2 Å². The van der Waals surface area contributed by atoms with Gasteiger partial charge in [-0.05, 0) is 30.0 Å². The zero-order valence-electron chi connectivity index (χ0n) is 10.8. The number of hydrogen-bond acceptors (Lipinski definition) is 1. The van der Waals surface area contributed by atoms with Crippen LogP contribution in [0.3, 0.4) is 0 Å². The van der Waals surface area contributed by atoms with Gasteiger partial charge < -0.3 is 4.90 Å². The Morgan fingerprint density at radius 1 is 1.38 bits per heavy atom. The molecule has 16 heavy (non-hydrogen) atoms. The third-order valence-corrected chi connectivity index (χ3v) is 3.42. The molecule has 0 saturated heterocycles. The van der Waals surface area contributed by atoms with Gasteiger partial charge in [-0.3, -0.25) is 0 Å². The standard InChI is InChI=1S/C14H22ClN/c1-5-11(2)10-16(4)14-7-6-13(9-15)8-12(14)3/h6-8,11H,5,9-10H2,1-4H3. The van der Waals surface area contributed by atoms with E-state index in [9.17, 15) is 0 Å². The summed E-state index contributed by atoms with van der Waals surface area (Å²) in [5.41, 5.74) is 3.82. The van der Waals surface area contributed by atoms with Crippen molar-refractivity contribution in [2.45, 2.75) is 33.1 Å². The minimum Gasteiger partial charge on any atom is -0.374 e. The first-order valence-electron chi connectivity index (χ1n) is 5.95. The van der Waals surface area contributed by atoms with Crippen LogP contribution in [0, 0.1) is 12.8 Å². The first-order chi connectivity index (χ1) is 7.58. The molecule has 0 aliphatic carbocycles. The Hall–Kier alpha value is -0.690. The van der Waals surface area contributed by atoms with E-state index in [4.69, 9.17) is 11.6 Å².